The zero-order valence-electron chi connectivity index (χ0n) is 7.96. The molecule has 1 atom stereocenters. The second-order valence-corrected chi connectivity index (χ2v) is 3.48. The van der Waals surface area contributed by atoms with E-state index >= 15 is 0 Å². The van der Waals surface area contributed by atoms with Crippen molar-refractivity contribution in [3.8, 4) is 0 Å². The van der Waals surface area contributed by atoms with E-state index in [4.69, 9.17) is 5.73 Å². The zero-order valence-corrected chi connectivity index (χ0v) is 7.96. The van der Waals surface area contributed by atoms with Gasteiger partial charge in [-0.15, -0.1) is 0 Å². The molecular weight excluding hydrogens is 165 g/mol. The van der Waals surface area contributed by atoms with Gasteiger partial charge < -0.3 is 5.73 Å². The van der Waals surface area contributed by atoms with E-state index < -0.39 is 0 Å². The number of benzene rings is 1. The molecule has 0 radical (unpaired) electrons. The Hall–Kier alpha value is -0.890. The highest BCUT2D eigenvalue weighted by Crippen LogP contribution is 2.14. The van der Waals surface area contributed by atoms with Crippen LogP contribution in [0.1, 0.15) is 18.9 Å². The van der Waals surface area contributed by atoms with Crippen molar-refractivity contribution in [3.05, 3.63) is 35.6 Å². The number of nitrogens with two attached hydrogens (primary N) is 1. The Kier molecular flexibility index (Phi) is 3.90. The van der Waals surface area contributed by atoms with Gasteiger partial charge in [-0.3, -0.25) is 0 Å². The summed E-state index contributed by atoms with van der Waals surface area (Å²) in [7, 11) is 0. The van der Waals surface area contributed by atoms with Gasteiger partial charge >= 0.3 is 0 Å². The molecule has 0 aliphatic rings. The predicted octanol–water partition coefficient (Wildman–Crippen LogP) is 2.35. The normalized spacial score (nSPS) is 12.8. The molecule has 1 aromatic carbocycles. The van der Waals surface area contributed by atoms with Gasteiger partial charge in [0, 0.05) is 0 Å². The van der Waals surface area contributed by atoms with Crippen LogP contribution < -0.4 is 5.73 Å². The molecule has 0 heterocycles. The van der Waals surface area contributed by atoms with Gasteiger partial charge in [-0.25, -0.2) is 4.39 Å². The van der Waals surface area contributed by atoms with Crippen LogP contribution in [0.3, 0.4) is 0 Å². The topological polar surface area (TPSA) is 26.0 Å². The fourth-order valence-corrected chi connectivity index (χ4v) is 1.43. The summed E-state index contributed by atoms with van der Waals surface area (Å²) in [6.45, 7) is 2.77. The summed E-state index contributed by atoms with van der Waals surface area (Å²) >= 11 is 0. The van der Waals surface area contributed by atoms with E-state index in [1.807, 2.05) is 12.1 Å². The molecule has 0 amide bonds. The molecule has 2 N–H and O–H groups in total. The molecular formula is C11H16FN. The van der Waals surface area contributed by atoms with E-state index in [1.54, 1.807) is 6.07 Å². The molecule has 0 aromatic heterocycles. The van der Waals surface area contributed by atoms with E-state index in [2.05, 4.69) is 6.92 Å². The van der Waals surface area contributed by atoms with Gasteiger partial charge in [-0.05, 0) is 36.9 Å². The number of hydrogen-bond donors (Lipinski definition) is 1. The maximum atomic E-state index is 13.2. The SMILES string of the molecule is CC(CCN)Cc1ccccc1F. The van der Waals surface area contributed by atoms with Crippen molar-refractivity contribution in [3.63, 3.8) is 0 Å². The second-order valence-electron chi connectivity index (χ2n) is 3.48. The Morgan fingerprint density at radius 3 is 2.69 bits per heavy atom. The largest absolute Gasteiger partial charge is 0.330 e. The van der Waals surface area contributed by atoms with Crippen molar-refractivity contribution in [1.29, 1.82) is 0 Å². The third-order valence-corrected chi connectivity index (χ3v) is 2.19. The molecule has 0 fully saturated rings. The standard InChI is InChI=1S/C11H16FN/c1-9(6-7-13)8-10-4-2-3-5-11(10)12/h2-5,9H,6-8,13H2,1H3. The zero-order chi connectivity index (χ0) is 9.68. The first kappa shape index (κ1) is 10.2. The highest BCUT2D eigenvalue weighted by atomic mass is 19.1. The number of hydrogen-bond acceptors (Lipinski definition) is 1. The highest BCUT2D eigenvalue weighted by Gasteiger charge is 2.05. The third-order valence-electron chi connectivity index (χ3n) is 2.19. The molecule has 0 saturated heterocycles. The molecule has 13 heavy (non-hydrogen) atoms. The first-order valence-corrected chi connectivity index (χ1v) is 4.67. The fourth-order valence-electron chi connectivity index (χ4n) is 1.43. The molecule has 0 spiro atoms. The molecule has 0 aliphatic carbocycles. The summed E-state index contributed by atoms with van der Waals surface area (Å²) in [4.78, 5) is 0. The molecule has 0 saturated carbocycles. The molecule has 0 bridgehead atoms. The summed E-state index contributed by atoms with van der Waals surface area (Å²) in [5, 5.41) is 0. The maximum Gasteiger partial charge on any atom is 0.126 e. The second kappa shape index (κ2) is 4.97. The third kappa shape index (κ3) is 3.15. The van der Waals surface area contributed by atoms with Crippen LogP contribution in [0.5, 0.6) is 0 Å². The lowest BCUT2D eigenvalue weighted by molar-refractivity contribution is 0.516. The van der Waals surface area contributed by atoms with Crippen LogP contribution in [0, 0.1) is 11.7 Å². The maximum absolute atomic E-state index is 13.2. The van der Waals surface area contributed by atoms with Crippen molar-refractivity contribution in [2.24, 2.45) is 11.7 Å². The van der Waals surface area contributed by atoms with Crippen LogP contribution >= 0.6 is 0 Å². The molecule has 1 nitrogen and oxygen atoms in total. The smallest absolute Gasteiger partial charge is 0.126 e. The first-order chi connectivity index (χ1) is 6.24. The van der Waals surface area contributed by atoms with Crippen LogP contribution in [0.15, 0.2) is 24.3 Å². The van der Waals surface area contributed by atoms with Crippen molar-refractivity contribution in [2.75, 3.05) is 6.54 Å². The lowest BCUT2D eigenvalue weighted by Gasteiger charge is -2.09. The van der Waals surface area contributed by atoms with Gasteiger partial charge in [0.1, 0.15) is 5.82 Å². The fraction of sp³-hybridized carbons (Fsp3) is 0.455. The van der Waals surface area contributed by atoms with Gasteiger partial charge in [-0.1, -0.05) is 25.1 Å². The summed E-state index contributed by atoms with van der Waals surface area (Å²) in [5.41, 5.74) is 6.22. The summed E-state index contributed by atoms with van der Waals surface area (Å²) < 4.78 is 13.2. The van der Waals surface area contributed by atoms with E-state index in [9.17, 15) is 4.39 Å². The molecule has 2 heteroatoms. The van der Waals surface area contributed by atoms with Crippen LogP contribution in [-0.2, 0) is 6.42 Å². The van der Waals surface area contributed by atoms with E-state index in [0.717, 1.165) is 18.4 Å². The summed E-state index contributed by atoms with van der Waals surface area (Å²) in [6.07, 6.45) is 1.73. The monoisotopic (exact) mass is 181 g/mol. The first-order valence-electron chi connectivity index (χ1n) is 4.67. The van der Waals surface area contributed by atoms with Crippen LogP contribution in [0.4, 0.5) is 4.39 Å². The van der Waals surface area contributed by atoms with Crippen molar-refractivity contribution < 1.29 is 4.39 Å². The number of rotatable bonds is 4. The average Bonchev–Trinajstić information content (AvgIpc) is 2.09. The predicted molar refractivity (Wildman–Crippen MR) is 52.9 cm³/mol. The minimum absolute atomic E-state index is 0.105. The van der Waals surface area contributed by atoms with Crippen LogP contribution in [0.25, 0.3) is 0 Å². The Labute approximate surface area is 78.8 Å². The van der Waals surface area contributed by atoms with E-state index in [-0.39, 0.29) is 5.82 Å². The van der Waals surface area contributed by atoms with E-state index in [1.165, 1.54) is 6.07 Å². The molecule has 0 aliphatic heterocycles. The quantitative estimate of drug-likeness (QED) is 0.758. The summed E-state index contributed by atoms with van der Waals surface area (Å²) in [6, 6.07) is 6.92. The Bertz CT molecular complexity index is 260. The lowest BCUT2D eigenvalue weighted by Crippen LogP contribution is -2.08. The molecule has 72 valence electrons. The lowest BCUT2D eigenvalue weighted by atomic mass is 9.98. The Balaban J connectivity index is 2.58. The van der Waals surface area contributed by atoms with Gasteiger partial charge in [-0.2, -0.15) is 0 Å². The van der Waals surface area contributed by atoms with Gasteiger partial charge in [0.15, 0.2) is 0 Å². The molecule has 1 unspecified atom stereocenters. The van der Waals surface area contributed by atoms with Crippen LogP contribution in [-0.4, -0.2) is 6.54 Å². The minimum Gasteiger partial charge on any atom is -0.330 e. The number of halogens is 1. The van der Waals surface area contributed by atoms with Crippen molar-refractivity contribution in [1.82, 2.24) is 0 Å². The Morgan fingerprint density at radius 1 is 1.38 bits per heavy atom. The minimum atomic E-state index is -0.105. The summed E-state index contributed by atoms with van der Waals surface area (Å²) in [5.74, 6) is 0.355. The molecule has 1 aromatic rings. The van der Waals surface area contributed by atoms with E-state index in [0.29, 0.717) is 12.5 Å². The molecule has 1 rings (SSSR count). The van der Waals surface area contributed by atoms with Crippen molar-refractivity contribution in [2.45, 2.75) is 19.8 Å². The van der Waals surface area contributed by atoms with Crippen LogP contribution in [0.2, 0.25) is 0 Å². The van der Waals surface area contributed by atoms with Crippen molar-refractivity contribution >= 4 is 0 Å². The highest BCUT2D eigenvalue weighted by molar-refractivity contribution is 5.17. The average molecular weight is 181 g/mol. The van der Waals surface area contributed by atoms with Gasteiger partial charge in [0.25, 0.3) is 0 Å². The Morgan fingerprint density at radius 2 is 2.08 bits per heavy atom. The van der Waals surface area contributed by atoms with Gasteiger partial charge in [0.05, 0.1) is 0 Å². The van der Waals surface area contributed by atoms with Gasteiger partial charge in [0.2, 0.25) is 0 Å².